The van der Waals surface area contributed by atoms with E-state index in [1.165, 1.54) is 15.3 Å². The zero-order valence-electron chi connectivity index (χ0n) is 14.4. The van der Waals surface area contributed by atoms with Gasteiger partial charge >= 0.3 is 0 Å². The van der Waals surface area contributed by atoms with Gasteiger partial charge in [-0.05, 0) is 43.5 Å². The van der Waals surface area contributed by atoms with Crippen LogP contribution < -0.4 is 4.90 Å². The molecule has 2 aromatic carbocycles. The van der Waals surface area contributed by atoms with Gasteiger partial charge in [0.05, 0.1) is 30.5 Å². The lowest BCUT2D eigenvalue weighted by Crippen LogP contribution is -2.32. The van der Waals surface area contributed by atoms with E-state index < -0.39 is 0 Å². The van der Waals surface area contributed by atoms with Crippen molar-refractivity contribution in [3.05, 3.63) is 52.0 Å². The summed E-state index contributed by atoms with van der Waals surface area (Å²) in [4.78, 5) is 12.1. The SMILES string of the molecule is Cc1ccc(Cl)c2sc(N3CCC(c4nc5ccccc5s4)CC3)nc12. The molecule has 0 radical (unpaired) electrons. The minimum Gasteiger partial charge on any atom is -0.348 e. The largest absolute Gasteiger partial charge is 0.348 e. The van der Waals surface area contributed by atoms with Crippen LogP contribution >= 0.6 is 34.3 Å². The van der Waals surface area contributed by atoms with Crippen molar-refractivity contribution >= 4 is 59.8 Å². The summed E-state index contributed by atoms with van der Waals surface area (Å²) in [6, 6.07) is 12.5. The maximum absolute atomic E-state index is 6.37. The van der Waals surface area contributed by atoms with Crippen molar-refractivity contribution in [3.63, 3.8) is 0 Å². The molecule has 3 nitrogen and oxygen atoms in total. The second-order valence-electron chi connectivity index (χ2n) is 6.82. The zero-order chi connectivity index (χ0) is 17.7. The monoisotopic (exact) mass is 399 g/mol. The Morgan fingerprint density at radius 3 is 2.62 bits per heavy atom. The summed E-state index contributed by atoms with van der Waals surface area (Å²) >= 11 is 9.93. The molecule has 0 N–H and O–H groups in total. The molecule has 3 heterocycles. The van der Waals surface area contributed by atoms with Crippen LogP contribution in [-0.2, 0) is 0 Å². The van der Waals surface area contributed by atoms with Crippen molar-refractivity contribution in [1.82, 2.24) is 9.97 Å². The molecular formula is C20H18ClN3S2. The van der Waals surface area contributed by atoms with Gasteiger partial charge in [0.15, 0.2) is 5.13 Å². The Kier molecular flexibility index (Phi) is 4.11. The Bertz CT molecular complexity index is 1020. The van der Waals surface area contributed by atoms with Gasteiger partial charge in [-0.25, -0.2) is 9.97 Å². The molecule has 0 atom stereocenters. The first-order valence-corrected chi connectivity index (χ1v) is 10.9. The fourth-order valence-electron chi connectivity index (χ4n) is 3.61. The number of benzene rings is 2. The molecule has 0 spiro atoms. The summed E-state index contributed by atoms with van der Waals surface area (Å²) in [5, 5.41) is 3.19. The van der Waals surface area contributed by atoms with Crippen molar-refractivity contribution < 1.29 is 0 Å². The van der Waals surface area contributed by atoms with Crippen LogP contribution in [0.15, 0.2) is 36.4 Å². The molecule has 0 aliphatic carbocycles. The Balaban J connectivity index is 1.37. The first-order valence-electron chi connectivity index (χ1n) is 8.85. The lowest BCUT2D eigenvalue weighted by Gasteiger charge is -2.30. The number of halogens is 1. The number of anilines is 1. The first-order chi connectivity index (χ1) is 12.7. The van der Waals surface area contributed by atoms with Crippen LogP contribution in [0.2, 0.25) is 5.02 Å². The number of hydrogen-bond acceptors (Lipinski definition) is 5. The number of para-hydroxylation sites is 1. The second kappa shape index (κ2) is 6.48. The number of aromatic nitrogens is 2. The van der Waals surface area contributed by atoms with Crippen molar-refractivity contribution in [2.45, 2.75) is 25.7 Å². The average molecular weight is 400 g/mol. The summed E-state index contributed by atoms with van der Waals surface area (Å²) < 4.78 is 2.40. The van der Waals surface area contributed by atoms with Crippen molar-refractivity contribution in [1.29, 1.82) is 0 Å². The van der Waals surface area contributed by atoms with Gasteiger partial charge in [0, 0.05) is 19.0 Å². The predicted octanol–water partition coefficient (Wildman–Crippen LogP) is 6.25. The number of hydrogen-bond donors (Lipinski definition) is 0. The van der Waals surface area contributed by atoms with Gasteiger partial charge in [-0.15, -0.1) is 11.3 Å². The Labute approximate surface area is 165 Å². The molecule has 4 aromatic rings. The third kappa shape index (κ3) is 2.79. The topological polar surface area (TPSA) is 29.0 Å². The number of fused-ring (bicyclic) bond motifs is 2. The molecular weight excluding hydrogens is 382 g/mol. The van der Waals surface area contributed by atoms with Gasteiger partial charge in [-0.3, -0.25) is 0 Å². The third-order valence-corrected chi connectivity index (χ3v) is 7.89. The van der Waals surface area contributed by atoms with Crippen LogP contribution in [0, 0.1) is 6.92 Å². The molecule has 0 amide bonds. The highest BCUT2D eigenvalue weighted by Gasteiger charge is 2.25. The van der Waals surface area contributed by atoms with E-state index in [0.717, 1.165) is 51.8 Å². The van der Waals surface area contributed by atoms with E-state index in [0.29, 0.717) is 5.92 Å². The van der Waals surface area contributed by atoms with Gasteiger partial charge < -0.3 is 4.90 Å². The molecule has 1 fully saturated rings. The normalized spacial score (nSPS) is 16.0. The molecule has 1 aliphatic heterocycles. The summed E-state index contributed by atoms with van der Waals surface area (Å²) in [7, 11) is 0. The van der Waals surface area contributed by atoms with Crippen LogP contribution in [-0.4, -0.2) is 23.1 Å². The predicted molar refractivity (Wildman–Crippen MR) is 113 cm³/mol. The summed E-state index contributed by atoms with van der Waals surface area (Å²) in [5.41, 5.74) is 3.37. The molecule has 26 heavy (non-hydrogen) atoms. The van der Waals surface area contributed by atoms with Crippen LogP contribution in [0.25, 0.3) is 20.4 Å². The molecule has 5 rings (SSSR count). The number of nitrogens with zero attached hydrogens (tertiary/aromatic N) is 3. The van der Waals surface area contributed by atoms with Crippen LogP contribution in [0.4, 0.5) is 5.13 Å². The minimum atomic E-state index is 0.559. The smallest absolute Gasteiger partial charge is 0.186 e. The molecule has 1 saturated heterocycles. The van der Waals surface area contributed by atoms with E-state index >= 15 is 0 Å². The molecule has 0 saturated carbocycles. The van der Waals surface area contributed by atoms with Crippen LogP contribution in [0.5, 0.6) is 0 Å². The highest BCUT2D eigenvalue weighted by atomic mass is 35.5. The van der Waals surface area contributed by atoms with E-state index in [2.05, 4.69) is 36.1 Å². The first kappa shape index (κ1) is 16.5. The highest BCUT2D eigenvalue weighted by molar-refractivity contribution is 7.22. The van der Waals surface area contributed by atoms with Crippen LogP contribution in [0.3, 0.4) is 0 Å². The van der Waals surface area contributed by atoms with Crippen molar-refractivity contribution in [3.8, 4) is 0 Å². The van der Waals surface area contributed by atoms with Gasteiger partial charge in [-0.1, -0.05) is 41.1 Å². The number of aryl methyl sites for hydroxylation is 1. The summed E-state index contributed by atoms with van der Waals surface area (Å²) in [6.45, 7) is 4.15. The Morgan fingerprint density at radius 1 is 1.04 bits per heavy atom. The van der Waals surface area contributed by atoms with E-state index in [1.54, 1.807) is 11.3 Å². The number of piperidine rings is 1. The number of rotatable bonds is 2. The summed E-state index contributed by atoms with van der Waals surface area (Å²) in [5.74, 6) is 0.559. The lowest BCUT2D eigenvalue weighted by atomic mass is 9.98. The van der Waals surface area contributed by atoms with E-state index in [4.69, 9.17) is 21.6 Å². The summed E-state index contributed by atoms with van der Waals surface area (Å²) in [6.07, 6.45) is 2.25. The van der Waals surface area contributed by atoms with Gasteiger partial charge in [-0.2, -0.15) is 0 Å². The zero-order valence-corrected chi connectivity index (χ0v) is 16.8. The molecule has 2 aromatic heterocycles. The van der Waals surface area contributed by atoms with Crippen molar-refractivity contribution in [2.75, 3.05) is 18.0 Å². The highest BCUT2D eigenvalue weighted by Crippen LogP contribution is 2.39. The molecule has 1 aliphatic rings. The van der Waals surface area contributed by atoms with Crippen LogP contribution in [0.1, 0.15) is 29.3 Å². The quantitative estimate of drug-likeness (QED) is 0.398. The maximum atomic E-state index is 6.37. The Morgan fingerprint density at radius 2 is 1.85 bits per heavy atom. The molecule has 0 unspecified atom stereocenters. The Hall–Kier alpha value is -1.69. The standard InChI is InChI=1S/C20H18ClN3S2/c1-12-6-7-14(21)18-17(12)23-20(26-18)24-10-8-13(9-11-24)19-22-15-4-2-3-5-16(15)25-19/h2-7,13H,8-11H2,1H3. The van der Waals surface area contributed by atoms with E-state index in [-0.39, 0.29) is 0 Å². The third-order valence-electron chi connectivity index (χ3n) is 5.11. The number of thiazole rings is 2. The van der Waals surface area contributed by atoms with Gasteiger partial charge in [0.2, 0.25) is 0 Å². The average Bonchev–Trinajstić information content (AvgIpc) is 3.30. The van der Waals surface area contributed by atoms with E-state index in [1.807, 2.05) is 23.5 Å². The van der Waals surface area contributed by atoms with Gasteiger partial charge in [0.1, 0.15) is 0 Å². The molecule has 6 heteroatoms. The van der Waals surface area contributed by atoms with Gasteiger partial charge in [0.25, 0.3) is 0 Å². The second-order valence-corrected chi connectivity index (χ2v) is 9.27. The van der Waals surface area contributed by atoms with Crippen molar-refractivity contribution in [2.24, 2.45) is 0 Å². The fourth-order valence-corrected chi connectivity index (χ4v) is 6.11. The lowest BCUT2D eigenvalue weighted by molar-refractivity contribution is 0.504. The minimum absolute atomic E-state index is 0.559. The molecule has 132 valence electrons. The van der Waals surface area contributed by atoms with E-state index in [9.17, 15) is 0 Å². The molecule has 0 bridgehead atoms. The maximum Gasteiger partial charge on any atom is 0.186 e. The fraction of sp³-hybridized carbons (Fsp3) is 0.300.